The Balaban J connectivity index is 1.50. The lowest BCUT2D eigenvalue weighted by Crippen LogP contribution is -2.50. The van der Waals surface area contributed by atoms with Crippen molar-refractivity contribution in [1.82, 2.24) is 14.8 Å². The lowest BCUT2D eigenvalue weighted by Gasteiger charge is -2.43. The van der Waals surface area contributed by atoms with E-state index in [1.165, 1.54) is 43.5 Å². The predicted octanol–water partition coefficient (Wildman–Crippen LogP) is 4.72. The Morgan fingerprint density at radius 2 is 1.87 bits per heavy atom. The average molecular weight is 556 g/mol. The molecule has 1 aromatic heterocycles. The molecule has 0 aliphatic carbocycles. The summed E-state index contributed by atoms with van der Waals surface area (Å²) in [4.78, 5) is 41.2. The molecule has 2 aliphatic heterocycles. The van der Waals surface area contributed by atoms with Crippen molar-refractivity contribution < 1.29 is 18.7 Å². The first-order valence-electron chi connectivity index (χ1n) is 12.0. The van der Waals surface area contributed by atoms with E-state index in [1.54, 1.807) is 27.7 Å². The van der Waals surface area contributed by atoms with Gasteiger partial charge in [0.15, 0.2) is 0 Å². The quantitative estimate of drug-likeness (QED) is 0.462. The van der Waals surface area contributed by atoms with E-state index in [1.807, 2.05) is 6.07 Å². The van der Waals surface area contributed by atoms with Gasteiger partial charge in [0, 0.05) is 47.9 Å². The van der Waals surface area contributed by atoms with Gasteiger partial charge in [0.05, 0.1) is 17.7 Å². The molecular formula is C28H24Cl2FN3O4. The van der Waals surface area contributed by atoms with Gasteiger partial charge in [-0.1, -0.05) is 35.3 Å². The topological polar surface area (TPSA) is 80.6 Å². The molecular weight excluding hydrogens is 532 g/mol. The first kappa shape index (κ1) is 26.0. The number of likely N-dealkylation sites (tertiary alicyclic amines) is 1. The van der Waals surface area contributed by atoms with Crippen LogP contribution in [0.25, 0.3) is 6.08 Å². The maximum absolute atomic E-state index is 14.7. The van der Waals surface area contributed by atoms with Gasteiger partial charge in [-0.15, -0.1) is 0 Å². The predicted molar refractivity (Wildman–Crippen MR) is 143 cm³/mol. The van der Waals surface area contributed by atoms with E-state index >= 15 is 0 Å². The highest BCUT2D eigenvalue weighted by Gasteiger charge is 2.37. The van der Waals surface area contributed by atoms with Gasteiger partial charge in [-0.2, -0.15) is 0 Å². The average Bonchev–Trinajstić information content (AvgIpc) is 2.90. The molecule has 2 bridgehead atoms. The third kappa shape index (κ3) is 5.06. The minimum absolute atomic E-state index is 0.0232. The number of amides is 2. The Morgan fingerprint density at radius 3 is 2.63 bits per heavy atom. The molecule has 2 amide bonds. The largest absolute Gasteiger partial charge is 0.496 e. The normalized spacial score (nSPS) is 18.5. The van der Waals surface area contributed by atoms with E-state index < -0.39 is 17.6 Å². The highest BCUT2D eigenvalue weighted by atomic mass is 35.5. The summed E-state index contributed by atoms with van der Waals surface area (Å²) in [5.74, 6) is -1.49. The molecule has 0 unspecified atom stereocenters. The number of carbonyl (C=O) groups is 2. The molecule has 0 spiro atoms. The van der Waals surface area contributed by atoms with Crippen LogP contribution in [0.2, 0.25) is 10.0 Å². The lowest BCUT2D eigenvalue weighted by atomic mass is 9.83. The highest BCUT2D eigenvalue weighted by Crippen LogP contribution is 2.35. The molecule has 0 radical (unpaired) electrons. The van der Waals surface area contributed by atoms with Gasteiger partial charge >= 0.3 is 0 Å². The van der Waals surface area contributed by atoms with Crippen LogP contribution in [0.3, 0.4) is 0 Å². The number of benzene rings is 2. The summed E-state index contributed by atoms with van der Waals surface area (Å²) in [7, 11) is 1.41. The first-order valence-corrected chi connectivity index (χ1v) is 12.8. The van der Waals surface area contributed by atoms with Gasteiger partial charge in [-0.05, 0) is 54.8 Å². The molecule has 3 aromatic rings. The highest BCUT2D eigenvalue weighted by molar-refractivity contribution is 6.32. The van der Waals surface area contributed by atoms with Gasteiger partial charge < -0.3 is 19.5 Å². The van der Waals surface area contributed by atoms with Crippen LogP contribution in [-0.2, 0) is 11.3 Å². The van der Waals surface area contributed by atoms with Crippen molar-refractivity contribution in [3.8, 4) is 5.75 Å². The zero-order chi connectivity index (χ0) is 27.0. The molecule has 0 saturated carbocycles. The zero-order valence-corrected chi connectivity index (χ0v) is 21.9. The number of pyridine rings is 1. The van der Waals surface area contributed by atoms with Crippen molar-refractivity contribution in [2.45, 2.75) is 18.9 Å². The Labute approximate surface area is 228 Å². The molecule has 2 aromatic carbocycles. The van der Waals surface area contributed by atoms with E-state index in [9.17, 15) is 18.8 Å². The van der Waals surface area contributed by atoms with Crippen molar-refractivity contribution in [2.75, 3.05) is 20.2 Å². The fourth-order valence-electron chi connectivity index (χ4n) is 5.22. The van der Waals surface area contributed by atoms with E-state index in [-0.39, 0.29) is 45.0 Å². The van der Waals surface area contributed by atoms with Gasteiger partial charge in [0.1, 0.15) is 17.3 Å². The minimum Gasteiger partial charge on any atom is -0.496 e. The number of piperidine rings is 1. The number of fused-ring (bicyclic) bond motifs is 4. The maximum Gasteiger partial charge on any atom is 0.270 e. The maximum atomic E-state index is 14.7. The van der Waals surface area contributed by atoms with Crippen LogP contribution in [0, 0.1) is 11.7 Å². The number of hydrogen-bond acceptors (Lipinski definition) is 4. The summed E-state index contributed by atoms with van der Waals surface area (Å²) in [5, 5.41) is 3.04. The number of nitrogens with zero attached hydrogens (tertiary/aromatic N) is 2. The second-order valence-corrected chi connectivity index (χ2v) is 10.2. The third-order valence-corrected chi connectivity index (χ3v) is 7.50. The standard InChI is InChI=1S/C28H24Cl2FN3O4/c1-38-25-9-8-18(29)11-20(25)27(36)32-23(12-19-21(30)4-2-5-22(19)31)28(37)33-13-16-10-17(15-33)24-6-3-7-26(35)34(24)14-16/h2-9,11-12,16-17H,10,13-15H2,1H3,(H,32,36)/b23-12+/t16-,17+/m1/s1. The molecule has 1 saturated heterocycles. The Kier molecular flexibility index (Phi) is 7.27. The summed E-state index contributed by atoms with van der Waals surface area (Å²) >= 11 is 12.3. The van der Waals surface area contributed by atoms with Crippen LogP contribution in [0.4, 0.5) is 4.39 Å². The molecule has 7 nitrogen and oxygen atoms in total. The summed E-state index contributed by atoms with van der Waals surface area (Å²) in [6.45, 7) is 1.23. The van der Waals surface area contributed by atoms with E-state index in [4.69, 9.17) is 27.9 Å². The van der Waals surface area contributed by atoms with E-state index in [0.717, 1.165) is 12.1 Å². The summed E-state index contributed by atoms with van der Waals surface area (Å²) < 4.78 is 21.8. The van der Waals surface area contributed by atoms with Crippen molar-refractivity contribution in [3.05, 3.63) is 103 Å². The number of aromatic nitrogens is 1. The monoisotopic (exact) mass is 555 g/mol. The molecule has 2 aliphatic rings. The molecule has 38 heavy (non-hydrogen) atoms. The molecule has 10 heteroatoms. The van der Waals surface area contributed by atoms with Crippen molar-refractivity contribution in [1.29, 1.82) is 0 Å². The van der Waals surface area contributed by atoms with E-state index in [2.05, 4.69) is 5.32 Å². The third-order valence-electron chi connectivity index (χ3n) is 6.94. The van der Waals surface area contributed by atoms with Crippen LogP contribution < -0.4 is 15.6 Å². The molecule has 1 fully saturated rings. The van der Waals surface area contributed by atoms with Crippen LogP contribution in [0.1, 0.15) is 34.0 Å². The number of ether oxygens (including phenoxy) is 1. The van der Waals surface area contributed by atoms with Crippen LogP contribution in [0.5, 0.6) is 5.75 Å². The number of nitrogens with one attached hydrogen (secondary N) is 1. The zero-order valence-electron chi connectivity index (χ0n) is 20.4. The van der Waals surface area contributed by atoms with Crippen LogP contribution in [-0.4, -0.2) is 41.5 Å². The SMILES string of the molecule is COc1ccc(Cl)cc1C(=O)N/C(=C/c1c(F)cccc1Cl)C(=O)N1C[C@H]2C[C@@H](C1)c1cccc(=O)n1C2. The van der Waals surface area contributed by atoms with Gasteiger partial charge in [0.2, 0.25) is 0 Å². The number of halogens is 3. The second kappa shape index (κ2) is 10.6. The number of rotatable bonds is 5. The van der Waals surface area contributed by atoms with Gasteiger partial charge in [-0.25, -0.2) is 4.39 Å². The van der Waals surface area contributed by atoms with Crippen molar-refractivity contribution in [3.63, 3.8) is 0 Å². The molecule has 2 atom stereocenters. The molecule has 196 valence electrons. The van der Waals surface area contributed by atoms with Gasteiger partial charge in [0.25, 0.3) is 17.4 Å². The Morgan fingerprint density at radius 1 is 1.08 bits per heavy atom. The van der Waals surface area contributed by atoms with Crippen molar-refractivity contribution >= 4 is 41.1 Å². The number of hydrogen-bond donors (Lipinski definition) is 1. The fourth-order valence-corrected chi connectivity index (χ4v) is 5.61. The first-order chi connectivity index (χ1) is 18.2. The Hall–Kier alpha value is -3.62. The van der Waals surface area contributed by atoms with E-state index in [0.29, 0.717) is 24.7 Å². The van der Waals surface area contributed by atoms with Crippen LogP contribution in [0.15, 0.2) is 65.1 Å². The lowest BCUT2D eigenvalue weighted by molar-refractivity contribution is -0.130. The smallest absolute Gasteiger partial charge is 0.270 e. The molecule has 3 heterocycles. The summed E-state index contributed by atoms with van der Waals surface area (Å²) in [5.41, 5.74) is 0.762. The van der Waals surface area contributed by atoms with Gasteiger partial charge in [-0.3, -0.25) is 14.4 Å². The van der Waals surface area contributed by atoms with Crippen LogP contribution >= 0.6 is 23.2 Å². The Bertz CT molecular complexity index is 1500. The molecule has 5 rings (SSSR count). The number of carbonyl (C=O) groups excluding carboxylic acids is 2. The fraction of sp³-hybridized carbons (Fsp3) is 0.250. The second-order valence-electron chi connectivity index (χ2n) is 9.40. The number of methoxy groups -OCH3 is 1. The summed E-state index contributed by atoms with van der Waals surface area (Å²) in [6.07, 6.45) is 2.09. The van der Waals surface area contributed by atoms with Crippen molar-refractivity contribution in [2.24, 2.45) is 5.92 Å². The molecule has 1 N–H and O–H groups in total. The minimum atomic E-state index is -0.648. The summed E-state index contributed by atoms with van der Waals surface area (Å²) in [6, 6.07) is 13.9.